The van der Waals surface area contributed by atoms with E-state index in [1.165, 1.54) is 37.0 Å². The van der Waals surface area contributed by atoms with Crippen LogP contribution in [0.4, 0.5) is 11.4 Å². The maximum Gasteiger partial charge on any atom is 0.348 e. The van der Waals surface area contributed by atoms with E-state index in [4.69, 9.17) is 5.11 Å². The predicted octanol–water partition coefficient (Wildman–Crippen LogP) is 2.60. The Balaban J connectivity index is 1.93. The first-order chi connectivity index (χ1) is 7.70. The lowest BCUT2D eigenvalue weighted by Crippen LogP contribution is -2.45. The monoisotopic (exact) mass is 238 g/mol. The molecule has 3 rings (SSSR count). The quantitative estimate of drug-likeness (QED) is 0.703. The number of aromatic carboxylic acids is 1. The molecule has 0 amide bonds. The number of carboxylic acid groups (broad SMARTS) is 1. The maximum absolute atomic E-state index is 11.0. The summed E-state index contributed by atoms with van der Waals surface area (Å²) in [6, 6.07) is 0. The summed E-state index contributed by atoms with van der Waals surface area (Å²) >= 11 is 1.29. The third-order valence-electron chi connectivity index (χ3n) is 3.55. The van der Waals surface area contributed by atoms with E-state index in [9.17, 15) is 4.79 Å². The largest absolute Gasteiger partial charge is 0.477 e. The molecule has 0 saturated heterocycles. The normalized spacial score (nSPS) is 21.2. The van der Waals surface area contributed by atoms with Crippen LogP contribution in [-0.2, 0) is 0 Å². The van der Waals surface area contributed by atoms with Gasteiger partial charge in [0.2, 0.25) is 0 Å². The van der Waals surface area contributed by atoms with Crippen LogP contribution in [0.15, 0.2) is 5.38 Å². The van der Waals surface area contributed by atoms with Crippen molar-refractivity contribution in [1.29, 1.82) is 0 Å². The number of hydrogen-bond donors (Lipinski definition) is 3. The third-order valence-corrected chi connectivity index (χ3v) is 4.52. The van der Waals surface area contributed by atoms with Crippen LogP contribution >= 0.6 is 11.3 Å². The molecule has 0 radical (unpaired) electrons. The minimum atomic E-state index is -0.845. The van der Waals surface area contributed by atoms with Gasteiger partial charge in [0, 0.05) is 11.9 Å². The van der Waals surface area contributed by atoms with E-state index >= 15 is 0 Å². The van der Waals surface area contributed by atoms with Crippen LogP contribution < -0.4 is 10.6 Å². The summed E-state index contributed by atoms with van der Waals surface area (Å²) < 4.78 is 0. The lowest BCUT2D eigenvalue weighted by molar-refractivity contribution is 0.0703. The van der Waals surface area contributed by atoms with Gasteiger partial charge in [-0.15, -0.1) is 11.3 Å². The number of thiophene rings is 1. The highest BCUT2D eigenvalue weighted by Gasteiger charge is 2.38. The van der Waals surface area contributed by atoms with Crippen molar-refractivity contribution in [3.8, 4) is 0 Å². The summed E-state index contributed by atoms with van der Waals surface area (Å²) in [4.78, 5) is 11.4. The Morgan fingerprint density at radius 2 is 2.19 bits per heavy atom. The van der Waals surface area contributed by atoms with Gasteiger partial charge in [0.05, 0.1) is 16.9 Å². The van der Waals surface area contributed by atoms with E-state index in [2.05, 4.69) is 10.6 Å². The molecule has 1 aliphatic heterocycles. The molecule has 2 heterocycles. The van der Waals surface area contributed by atoms with Crippen LogP contribution in [0.2, 0.25) is 0 Å². The van der Waals surface area contributed by atoms with Crippen LogP contribution in [0, 0.1) is 0 Å². The zero-order valence-electron chi connectivity index (χ0n) is 8.88. The zero-order chi connectivity index (χ0) is 11.2. The van der Waals surface area contributed by atoms with Gasteiger partial charge in [-0.2, -0.15) is 0 Å². The number of anilines is 2. The molecule has 86 valence electrons. The van der Waals surface area contributed by atoms with E-state index in [1.54, 1.807) is 0 Å². The summed E-state index contributed by atoms with van der Waals surface area (Å²) in [5.74, 6) is -0.845. The molecule has 1 aromatic rings. The van der Waals surface area contributed by atoms with Gasteiger partial charge in [0.1, 0.15) is 4.88 Å². The summed E-state index contributed by atoms with van der Waals surface area (Å²) in [5, 5.41) is 17.8. The molecular weight excluding hydrogens is 224 g/mol. The van der Waals surface area contributed by atoms with Crippen LogP contribution in [0.1, 0.15) is 35.4 Å². The van der Waals surface area contributed by atoms with Gasteiger partial charge in [-0.05, 0) is 12.8 Å². The molecule has 2 aliphatic rings. The minimum absolute atomic E-state index is 0.170. The van der Waals surface area contributed by atoms with Crippen molar-refractivity contribution in [3.05, 3.63) is 10.3 Å². The van der Waals surface area contributed by atoms with Gasteiger partial charge in [-0.25, -0.2) is 4.79 Å². The Hall–Kier alpha value is -1.23. The van der Waals surface area contributed by atoms with Gasteiger partial charge in [-0.3, -0.25) is 0 Å². The summed E-state index contributed by atoms with van der Waals surface area (Å²) in [7, 11) is 0. The first-order valence-electron chi connectivity index (χ1n) is 5.57. The smallest absolute Gasteiger partial charge is 0.348 e. The molecule has 3 N–H and O–H groups in total. The van der Waals surface area contributed by atoms with Crippen LogP contribution in [0.5, 0.6) is 0 Å². The van der Waals surface area contributed by atoms with Crippen molar-refractivity contribution in [1.82, 2.24) is 0 Å². The van der Waals surface area contributed by atoms with Gasteiger partial charge >= 0.3 is 5.97 Å². The Labute approximate surface area is 97.7 Å². The number of nitrogens with one attached hydrogen (secondary N) is 2. The molecule has 4 nitrogen and oxygen atoms in total. The fraction of sp³-hybridized carbons (Fsp3) is 0.545. The minimum Gasteiger partial charge on any atom is -0.477 e. The van der Waals surface area contributed by atoms with Gasteiger partial charge in [0.25, 0.3) is 0 Å². The molecule has 0 aromatic carbocycles. The molecule has 1 fully saturated rings. The average molecular weight is 238 g/mol. The number of hydrogen-bond acceptors (Lipinski definition) is 4. The maximum atomic E-state index is 11.0. The van der Waals surface area contributed by atoms with Gasteiger partial charge < -0.3 is 15.7 Å². The van der Waals surface area contributed by atoms with E-state index < -0.39 is 5.97 Å². The molecule has 0 bridgehead atoms. The Bertz CT molecular complexity index is 435. The Morgan fingerprint density at radius 3 is 2.88 bits per heavy atom. The van der Waals surface area contributed by atoms with Crippen molar-refractivity contribution in [2.45, 2.75) is 31.2 Å². The van der Waals surface area contributed by atoms with E-state index in [1.807, 2.05) is 5.38 Å². The summed E-state index contributed by atoms with van der Waals surface area (Å²) in [6.07, 6.45) is 4.88. The Morgan fingerprint density at radius 1 is 1.44 bits per heavy atom. The number of fused-ring (bicyclic) bond motifs is 1. The second kappa shape index (κ2) is 3.38. The van der Waals surface area contributed by atoms with Crippen LogP contribution in [0.3, 0.4) is 0 Å². The lowest BCUT2D eigenvalue weighted by Gasteiger charge is -2.36. The molecule has 0 atom stereocenters. The molecule has 1 aliphatic carbocycles. The zero-order valence-corrected chi connectivity index (χ0v) is 9.69. The van der Waals surface area contributed by atoms with Crippen molar-refractivity contribution in [2.75, 3.05) is 17.2 Å². The summed E-state index contributed by atoms with van der Waals surface area (Å²) in [5.41, 5.74) is 1.91. The van der Waals surface area contributed by atoms with E-state index in [0.717, 1.165) is 17.9 Å². The fourth-order valence-electron chi connectivity index (χ4n) is 2.72. The molecule has 1 spiro atoms. The van der Waals surface area contributed by atoms with Gasteiger partial charge in [-0.1, -0.05) is 12.8 Å². The highest BCUT2D eigenvalue weighted by atomic mass is 32.1. The van der Waals surface area contributed by atoms with Crippen molar-refractivity contribution in [3.63, 3.8) is 0 Å². The van der Waals surface area contributed by atoms with Crippen molar-refractivity contribution in [2.24, 2.45) is 0 Å². The SMILES string of the molecule is O=C(O)c1scc2c1NCC1(CCCC1)N2. The van der Waals surface area contributed by atoms with Gasteiger partial charge in [0.15, 0.2) is 0 Å². The average Bonchev–Trinajstić information content (AvgIpc) is 2.85. The highest BCUT2D eigenvalue weighted by Crippen LogP contribution is 2.43. The number of rotatable bonds is 1. The van der Waals surface area contributed by atoms with E-state index in [-0.39, 0.29) is 5.54 Å². The molecule has 0 unspecified atom stereocenters. The second-order valence-electron chi connectivity index (χ2n) is 4.62. The number of carbonyl (C=O) groups is 1. The lowest BCUT2D eigenvalue weighted by atomic mass is 9.95. The first kappa shape index (κ1) is 9.96. The molecular formula is C11H14N2O2S. The van der Waals surface area contributed by atoms with E-state index in [0.29, 0.717) is 4.88 Å². The van der Waals surface area contributed by atoms with Crippen LogP contribution in [-0.4, -0.2) is 23.2 Å². The standard InChI is InChI=1S/C11H14N2O2S/c14-10(15)9-8-7(5-16-9)13-11(6-12-8)3-1-2-4-11/h5,12-13H,1-4,6H2,(H,14,15). The predicted molar refractivity (Wildman–Crippen MR) is 64.6 cm³/mol. The number of carboxylic acids is 1. The highest BCUT2D eigenvalue weighted by molar-refractivity contribution is 7.13. The Kier molecular flexibility index (Phi) is 2.10. The van der Waals surface area contributed by atoms with Crippen LogP contribution in [0.25, 0.3) is 0 Å². The first-order valence-corrected chi connectivity index (χ1v) is 6.45. The fourth-order valence-corrected chi connectivity index (χ4v) is 3.54. The topological polar surface area (TPSA) is 61.4 Å². The third kappa shape index (κ3) is 1.38. The molecule has 1 saturated carbocycles. The molecule has 16 heavy (non-hydrogen) atoms. The molecule has 5 heteroatoms. The summed E-state index contributed by atoms with van der Waals surface area (Å²) in [6.45, 7) is 0.844. The second-order valence-corrected chi connectivity index (χ2v) is 5.50. The van der Waals surface area contributed by atoms with Crippen molar-refractivity contribution >= 4 is 28.7 Å². The molecule has 1 aromatic heterocycles. The van der Waals surface area contributed by atoms with Crippen molar-refractivity contribution < 1.29 is 9.90 Å².